The van der Waals surface area contributed by atoms with Gasteiger partial charge in [-0.15, -0.1) is 0 Å². The molecule has 14 heavy (non-hydrogen) atoms. The van der Waals surface area contributed by atoms with Crippen molar-refractivity contribution in [3.8, 4) is 0 Å². The zero-order valence-electron chi connectivity index (χ0n) is 8.53. The molecule has 1 aromatic carbocycles. The van der Waals surface area contributed by atoms with Crippen molar-refractivity contribution in [2.75, 3.05) is 6.26 Å². The number of benzene rings is 1. The predicted octanol–water partition coefficient (Wildman–Crippen LogP) is 3.59. The fraction of sp³-hybridized carbons (Fsp3) is 0.455. The lowest BCUT2D eigenvalue weighted by Gasteiger charge is -2.21. The van der Waals surface area contributed by atoms with Gasteiger partial charge in [-0.25, -0.2) is 0 Å². The second-order valence-electron chi connectivity index (χ2n) is 3.28. The van der Waals surface area contributed by atoms with Gasteiger partial charge in [-0.2, -0.15) is 11.8 Å². The zero-order valence-corrected chi connectivity index (χ0v) is 10.9. The van der Waals surface area contributed by atoms with Crippen molar-refractivity contribution in [3.63, 3.8) is 0 Å². The van der Waals surface area contributed by atoms with E-state index in [9.17, 15) is 0 Å². The largest absolute Gasteiger partial charge is 0.326 e. The van der Waals surface area contributed by atoms with Gasteiger partial charge in [-0.05, 0) is 30.4 Å². The molecule has 2 unspecified atom stereocenters. The third-order valence-corrected chi connectivity index (χ3v) is 3.91. The Morgan fingerprint density at radius 1 is 1.50 bits per heavy atom. The van der Waals surface area contributed by atoms with Crippen LogP contribution in [0.25, 0.3) is 0 Å². The number of hydrogen-bond donors (Lipinski definition) is 1. The van der Waals surface area contributed by atoms with E-state index in [2.05, 4.69) is 47.3 Å². The average Bonchev–Trinajstić information content (AvgIpc) is 2.19. The van der Waals surface area contributed by atoms with Crippen molar-refractivity contribution in [1.29, 1.82) is 0 Å². The summed E-state index contributed by atoms with van der Waals surface area (Å²) in [4.78, 5) is 0. The molecule has 0 saturated carbocycles. The molecule has 0 aliphatic rings. The lowest BCUT2D eigenvalue weighted by atomic mass is 10.0. The minimum atomic E-state index is 0.235. The first-order valence-electron chi connectivity index (χ1n) is 4.72. The molecule has 2 atom stereocenters. The van der Waals surface area contributed by atoms with Crippen LogP contribution >= 0.6 is 27.7 Å². The number of hydrogen-bond acceptors (Lipinski definition) is 2. The average molecular weight is 274 g/mol. The Kier molecular flexibility index (Phi) is 4.99. The van der Waals surface area contributed by atoms with Crippen molar-refractivity contribution in [1.82, 2.24) is 0 Å². The topological polar surface area (TPSA) is 26.0 Å². The number of rotatable bonds is 4. The van der Waals surface area contributed by atoms with E-state index in [1.165, 1.54) is 5.56 Å². The van der Waals surface area contributed by atoms with Gasteiger partial charge in [0.25, 0.3) is 0 Å². The maximum atomic E-state index is 6.07. The molecule has 78 valence electrons. The first-order chi connectivity index (χ1) is 6.69. The molecule has 2 N–H and O–H groups in total. The van der Waals surface area contributed by atoms with Crippen molar-refractivity contribution in [2.24, 2.45) is 5.73 Å². The smallest absolute Gasteiger partial charge is 0.0445 e. The second kappa shape index (κ2) is 5.79. The summed E-state index contributed by atoms with van der Waals surface area (Å²) in [5.41, 5.74) is 7.38. The van der Waals surface area contributed by atoms with Gasteiger partial charge in [0.05, 0.1) is 0 Å². The van der Waals surface area contributed by atoms with Gasteiger partial charge in [0.2, 0.25) is 0 Å². The molecule has 0 heterocycles. The Bertz CT molecular complexity index is 290. The van der Waals surface area contributed by atoms with Gasteiger partial charge in [0.1, 0.15) is 0 Å². The summed E-state index contributed by atoms with van der Waals surface area (Å²) >= 11 is 5.30. The second-order valence-corrected chi connectivity index (χ2v) is 5.18. The molecular formula is C11H16BrNS. The van der Waals surface area contributed by atoms with E-state index in [-0.39, 0.29) is 6.04 Å². The monoisotopic (exact) mass is 273 g/mol. The SMILES string of the molecule is CCC(N)C(SC)c1cccc(Br)c1. The van der Waals surface area contributed by atoms with E-state index in [0.29, 0.717) is 5.25 Å². The molecule has 0 fully saturated rings. The summed E-state index contributed by atoms with van der Waals surface area (Å²) in [5.74, 6) is 0. The Balaban J connectivity index is 2.89. The van der Waals surface area contributed by atoms with Crippen molar-refractivity contribution < 1.29 is 0 Å². The van der Waals surface area contributed by atoms with Crippen LogP contribution in [0.3, 0.4) is 0 Å². The van der Waals surface area contributed by atoms with Crippen LogP contribution in [0.4, 0.5) is 0 Å². The summed E-state index contributed by atoms with van der Waals surface area (Å²) < 4.78 is 1.12. The van der Waals surface area contributed by atoms with Crippen LogP contribution in [-0.2, 0) is 0 Å². The van der Waals surface area contributed by atoms with Gasteiger partial charge in [-0.1, -0.05) is 35.0 Å². The van der Waals surface area contributed by atoms with Crippen LogP contribution in [0.1, 0.15) is 24.2 Å². The van der Waals surface area contributed by atoms with Crippen molar-refractivity contribution in [2.45, 2.75) is 24.6 Å². The molecule has 1 nitrogen and oxygen atoms in total. The molecule has 0 aliphatic carbocycles. The van der Waals surface area contributed by atoms with Gasteiger partial charge in [0.15, 0.2) is 0 Å². The highest BCUT2D eigenvalue weighted by Crippen LogP contribution is 2.31. The third kappa shape index (κ3) is 3.01. The summed E-state index contributed by atoms with van der Waals surface area (Å²) in [7, 11) is 0. The summed E-state index contributed by atoms with van der Waals surface area (Å²) in [5, 5.41) is 0.400. The van der Waals surface area contributed by atoms with E-state index in [1.54, 1.807) is 0 Å². The molecule has 3 heteroatoms. The highest BCUT2D eigenvalue weighted by Gasteiger charge is 2.16. The van der Waals surface area contributed by atoms with Gasteiger partial charge in [0, 0.05) is 15.8 Å². The van der Waals surface area contributed by atoms with Crippen LogP contribution in [-0.4, -0.2) is 12.3 Å². The third-order valence-electron chi connectivity index (χ3n) is 2.29. The van der Waals surface area contributed by atoms with E-state index in [1.807, 2.05) is 17.8 Å². The standard InChI is InChI=1S/C11H16BrNS/c1-3-10(13)11(14-2)8-5-4-6-9(12)7-8/h4-7,10-11H,3,13H2,1-2H3. The van der Waals surface area contributed by atoms with E-state index in [0.717, 1.165) is 10.9 Å². The maximum absolute atomic E-state index is 6.07. The molecule has 0 spiro atoms. The zero-order chi connectivity index (χ0) is 10.6. The lowest BCUT2D eigenvalue weighted by molar-refractivity contribution is 0.635. The van der Waals surface area contributed by atoms with Crippen LogP contribution in [0.5, 0.6) is 0 Å². The fourth-order valence-corrected chi connectivity index (χ4v) is 2.83. The molecule has 0 radical (unpaired) electrons. The summed E-state index contributed by atoms with van der Waals surface area (Å²) in [6.07, 6.45) is 3.12. The Hall–Kier alpha value is 0.01000. The Labute approximate surface area is 98.6 Å². The maximum Gasteiger partial charge on any atom is 0.0445 e. The molecule has 0 aromatic heterocycles. The summed E-state index contributed by atoms with van der Waals surface area (Å²) in [6, 6.07) is 8.63. The van der Waals surface area contributed by atoms with Crippen molar-refractivity contribution in [3.05, 3.63) is 34.3 Å². The van der Waals surface area contributed by atoms with Gasteiger partial charge in [-0.3, -0.25) is 0 Å². The van der Waals surface area contributed by atoms with Crippen LogP contribution in [0.2, 0.25) is 0 Å². The molecular weight excluding hydrogens is 258 g/mol. The molecule has 1 rings (SSSR count). The van der Waals surface area contributed by atoms with Gasteiger partial charge < -0.3 is 5.73 Å². The first-order valence-corrected chi connectivity index (χ1v) is 6.81. The first kappa shape index (κ1) is 12.1. The van der Waals surface area contributed by atoms with Gasteiger partial charge >= 0.3 is 0 Å². The van der Waals surface area contributed by atoms with Crippen LogP contribution < -0.4 is 5.73 Å². The van der Waals surface area contributed by atoms with Crippen molar-refractivity contribution >= 4 is 27.7 Å². The minimum Gasteiger partial charge on any atom is -0.326 e. The highest BCUT2D eigenvalue weighted by atomic mass is 79.9. The van der Waals surface area contributed by atoms with Crippen LogP contribution in [0.15, 0.2) is 28.7 Å². The minimum absolute atomic E-state index is 0.235. The van der Waals surface area contributed by atoms with Crippen LogP contribution in [0, 0.1) is 0 Å². The molecule has 0 amide bonds. The number of halogens is 1. The van der Waals surface area contributed by atoms with E-state index in [4.69, 9.17) is 5.73 Å². The quantitative estimate of drug-likeness (QED) is 0.908. The summed E-state index contributed by atoms with van der Waals surface area (Å²) in [6.45, 7) is 2.13. The molecule has 1 aromatic rings. The molecule has 0 bridgehead atoms. The Morgan fingerprint density at radius 2 is 2.21 bits per heavy atom. The molecule has 0 aliphatic heterocycles. The lowest BCUT2D eigenvalue weighted by Crippen LogP contribution is -2.25. The number of thioether (sulfide) groups is 1. The number of nitrogens with two attached hydrogens (primary N) is 1. The van der Waals surface area contributed by atoms with E-state index < -0.39 is 0 Å². The highest BCUT2D eigenvalue weighted by molar-refractivity contribution is 9.10. The predicted molar refractivity (Wildman–Crippen MR) is 68.7 cm³/mol. The fourth-order valence-electron chi connectivity index (χ4n) is 1.46. The molecule has 0 saturated heterocycles. The Morgan fingerprint density at radius 3 is 2.71 bits per heavy atom. The normalized spacial score (nSPS) is 15.1. The van der Waals surface area contributed by atoms with E-state index >= 15 is 0 Å².